The van der Waals surface area contributed by atoms with Crippen molar-refractivity contribution in [2.75, 3.05) is 13.2 Å². The molecule has 0 aliphatic carbocycles. The lowest BCUT2D eigenvalue weighted by Gasteiger charge is -2.30. The molecule has 0 fully saturated rings. The van der Waals surface area contributed by atoms with Crippen LogP contribution < -0.4 is 9.47 Å². The van der Waals surface area contributed by atoms with E-state index >= 15 is 0 Å². The highest BCUT2D eigenvalue weighted by atomic mass is 35.5. The van der Waals surface area contributed by atoms with Crippen molar-refractivity contribution in [3.63, 3.8) is 0 Å². The number of amides is 1. The fourth-order valence-corrected chi connectivity index (χ4v) is 2.55. The third kappa shape index (κ3) is 4.90. The van der Waals surface area contributed by atoms with Gasteiger partial charge in [0.1, 0.15) is 12.2 Å². The van der Waals surface area contributed by atoms with Crippen LogP contribution in [0.1, 0.15) is 20.8 Å². The van der Waals surface area contributed by atoms with Gasteiger partial charge < -0.3 is 14.2 Å². The Hall–Kier alpha value is -1.67. The van der Waals surface area contributed by atoms with E-state index < -0.39 is 28.7 Å². The lowest BCUT2D eigenvalue weighted by Crippen LogP contribution is -2.44. The van der Waals surface area contributed by atoms with Crippen LogP contribution >= 0.6 is 11.6 Å². The predicted molar refractivity (Wildman–Crippen MR) is 84.6 cm³/mol. The molecule has 9 heteroatoms. The van der Waals surface area contributed by atoms with Crippen molar-refractivity contribution in [1.29, 1.82) is 0 Å². The number of nitrogens with zero attached hydrogens (tertiary/aromatic N) is 1. The number of thiol groups is 1. The van der Waals surface area contributed by atoms with Gasteiger partial charge in [0.15, 0.2) is 17.6 Å². The zero-order valence-electron chi connectivity index (χ0n) is 12.9. The van der Waals surface area contributed by atoms with Gasteiger partial charge in [-0.05, 0) is 32.9 Å². The summed E-state index contributed by atoms with van der Waals surface area (Å²) in [6.45, 7) is 4.86. The standard InChI is InChI=1S/C14H18ClNO6S/c1-14(2,3)22-13(17)16(23(18)19)7-10-8-20-12-6-9(15)4-5-11(12)21-10/h4-6,10,23H,7-8H2,1-3H3/t10-/m0/s1. The number of ether oxygens (including phenoxy) is 3. The maximum atomic E-state index is 12.0. The summed E-state index contributed by atoms with van der Waals surface area (Å²) in [5, 5.41) is 0.504. The Morgan fingerprint density at radius 1 is 1.39 bits per heavy atom. The molecule has 0 radical (unpaired) electrons. The first-order chi connectivity index (χ1) is 10.7. The maximum absolute atomic E-state index is 12.0. The second kappa shape index (κ2) is 6.84. The van der Waals surface area contributed by atoms with E-state index in [9.17, 15) is 13.2 Å². The largest absolute Gasteiger partial charge is 0.486 e. The first-order valence-corrected chi connectivity index (χ1v) is 8.40. The fraction of sp³-hybridized carbons (Fsp3) is 0.500. The molecule has 0 aromatic heterocycles. The topological polar surface area (TPSA) is 82.1 Å². The summed E-state index contributed by atoms with van der Waals surface area (Å²) >= 11 is 5.86. The number of hydrogen-bond acceptors (Lipinski definition) is 6. The number of hydrogen-bond donors (Lipinski definition) is 1. The van der Waals surface area contributed by atoms with E-state index in [2.05, 4.69) is 0 Å². The lowest BCUT2D eigenvalue weighted by atomic mass is 10.2. The van der Waals surface area contributed by atoms with Gasteiger partial charge in [0.05, 0.1) is 6.54 Å². The van der Waals surface area contributed by atoms with Crippen molar-refractivity contribution >= 4 is 28.6 Å². The number of fused-ring (bicyclic) bond motifs is 1. The minimum atomic E-state index is -3.15. The zero-order chi connectivity index (χ0) is 17.2. The number of halogens is 1. The molecule has 0 saturated carbocycles. The van der Waals surface area contributed by atoms with Gasteiger partial charge in [0.2, 0.25) is 10.9 Å². The molecule has 1 heterocycles. The monoisotopic (exact) mass is 363 g/mol. The SMILES string of the molecule is CC(C)(C)OC(=O)N(C[C@H]1COc2cc(Cl)ccc2O1)[SH](=O)=O. The first-order valence-electron chi connectivity index (χ1n) is 6.89. The molecule has 0 saturated heterocycles. The molecule has 0 spiro atoms. The van der Waals surface area contributed by atoms with Gasteiger partial charge >= 0.3 is 6.09 Å². The first kappa shape index (κ1) is 17.7. The summed E-state index contributed by atoms with van der Waals surface area (Å²) < 4.78 is 39.5. The number of carbonyl (C=O) groups is 1. The molecule has 0 unspecified atom stereocenters. The third-order valence-electron chi connectivity index (χ3n) is 2.80. The molecule has 1 aliphatic rings. The minimum Gasteiger partial charge on any atom is -0.486 e. The van der Waals surface area contributed by atoms with Gasteiger partial charge in [-0.1, -0.05) is 11.6 Å². The van der Waals surface area contributed by atoms with E-state index in [1.54, 1.807) is 39.0 Å². The van der Waals surface area contributed by atoms with E-state index in [4.69, 9.17) is 25.8 Å². The Balaban J connectivity index is 2.07. The molecule has 2 rings (SSSR count). The Labute approximate surface area is 141 Å². The second-order valence-corrected chi connectivity index (χ2v) is 7.34. The van der Waals surface area contributed by atoms with Crippen molar-refractivity contribution in [2.45, 2.75) is 32.5 Å². The van der Waals surface area contributed by atoms with Gasteiger partial charge in [-0.15, -0.1) is 0 Å². The Kier molecular flexibility index (Phi) is 5.26. The van der Waals surface area contributed by atoms with Crippen molar-refractivity contribution in [1.82, 2.24) is 4.31 Å². The van der Waals surface area contributed by atoms with E-state index in [1.165, 1.54) is 0 Å². The highest BCUT2D eigenvalue weighted by Gasteiger charge is 2.30. The molecule has 1 atom stereocenters. The van der Waals surface area contributed by atoms with Gasteiger partial charge in [-0.25, -0.2) is 17.5 Å². The molecule has 1 aromatic rings. The molecule has 0 N–H and O–H groups in total. The molecule has 23 heavy (non-hydrogen) atoms. The molecule has 128 valence electrons. The summed E-state index contributed by atoms with van der Waals surface area (Å²) in [5.41, 5.74) is -0.798. The van der Waals surface area contributed by atoms with Crippen LogP contribution in [0, 0.1) is 0 Å². The molecule has 0 bridgehead atoms. The highest BCUT2D eigenvalue weighted by Crippen LogP contribution is 2.34. The smallest absolute Gasteiger partial charge is 0.424 e. The van der Waals surface area contributed by atoms with E-state index in [-0.39, 0.29) is 13.2 Å². The Bertz CT molecular complexity index is 662. The summed E-state index contributed by atoms with van der Waals surface area (Å²) in [4.78, 5) is 12.0. The predicted octanol–water partition coefficient (Wildman–Crippen LogP) is 2.24. The van der Waals surface area contributed by atoms with Crippen molar-refractivity contribution in [3.8, 4) is 11.5 Å². The van der Waals surface area contributed by atoms with Crippen LogP contribution in [0.3, 0.4) is 0 Å². The quantitative estimate of drug-likeness (QED) is 0.829. The van der Waals surface area contributed by atoms with Crippen LogP contribution in [0.15, 0.2) is 18.2 Å². The second-order valence-electron chi connectivity index (χ2n) is 5.94. The van der Waals surface area contributed by atoms with Gasteiger partial charge in [-0.3, -0.25) is 0 Å². The van der Waals surface area contributed by atoms with Crippen molar-refractivity contribution < 1.29 is 27.4 Å². The van der Waals surface area contributed by atoms with Crippen LogP contribution in [-0.4, -0.2) is 43.7 Å². The number of carbonyl (C=O) groups excluding carboxylic acids is 1. The van der Waals surface area contributed by atoms with E-state index in [0.29, 0.717) is 20.8 Å². The van der Waals surface area contributed by atoms with Gasteiger partial charge in [-0.2, -0.15) is 0 Å². The van der Waals surface area contributed by atoms with Crippen LogP contribution in [0.25, 0.3) is 0 Å². The Morgan fingerprint density at radius 2 is 2.09 bits per heavy atom. The highest BCUT2D eigenvalue weighted by molar-refractivity contribution is 7.70. The Morgan fingerprint density at radius 3 is 2.70 bits per heavy atom. The minimum absolute atomic E-state index is 0.0931. The average Bonchev–Trinajstić information content (AvgIpc) is 2.42. The van der Waals surface area contributed by atoms with Gasteiger partial charge in [0, 0.05) is 11.1 Å². The molecule has 1 aliphatic heterocycles. The third-order valence-corrected chi connectivity index (χ3v) is 3.76. The average molecular weight is 364 g/mol. The van der Waals surface area contributed by atoms with Crippen LogP contribution in [0.4, 0.5) is 4.79 Å². The summed E-state index contributed by atoms with van der Waals surface area (Å²) in [5.74, 6) is 0.917. The summed E-state index contributed by atoms with van der Waals surface area (Å²) in [6, 6.07) is 4.86. The number of benzene rings is 1. The van der Waals surface area contributed by atoms with Gasteiger partial charge in [0.25, 0.3) is 0 Å². The van der Waals surface area contributed by atoms with Crippen LogP contribution in [0.2, 0.25) is 5.02 Å². The number of rotatable bonds is 3. The molecular formula is C14H18ClNO6S. The van der Waals surface area contributed by atoms with Crippen LogP contribution in [0.5, 0.6) is 11.5 Å². The fourth-order valence-electron chi connectivity index (χ4n) is 1.89. The van der Waals surface area contributed by atoms with Crippen molar-refractivity contribution in [2.24, 2.45) is 0 Å². The summed E-state index contributed by atoms with van der Waals surface area (Å²) in [7, 11) is -3.15. The van der Waals surface area contributed by atoms with Crippen LogP contribution in [-0.2, 0) is 15.6 Å². The molecule has 7 nitrogen and oxygen atoms in total. The van der Waals surface area contributed by atoms with Crippen molar-refractivity contribution in [3.05, 3.63) is 23.2 Å². The molecule has 1 aromatic carbocycles. The van der Waals surface area contributed by atoms with E-state index in [0.717, 1.165) is 0 Å². The lowest BCUT2D eigenvalue weighted by molar-refractivity contribution is 0.0272. The molecule has 1 amide bonds. The zero-order valence-corrected chi connectivity index (χ0v) is 14.6. The normalized spacial score (nSPS) is 17.0. The molecular weight excluding hydrogens is 346 g/mol. The van der Waals surface area contributed by atoms with E-state index in [1.807, 2.05) is 0 Å². The maximum Gasteiger partial charge on any atom is 0.424 e. The summed E-state index contributed by atoms with van der Waals surface area (Å²) in [6.07, 6.45) is -1.58.